The highest BCUT2D eigenvalue weighted by atomic mass is 32.2. The van der Waals surface area contributed by atoms with E-state index in [1.54, 1.807) is 0 Å². The number of ketones is 1. The Balaban J connectivity index is 1.71. The van der Waals surface area contributed by atoms with Gasteiger partial charge in [-0.2, -0.15) is 0 Å². The lowest BCUT2D eigenvalue weighted by Gasteiger charge is -2.43. The van der Waals surface area contributed by atoms with Crippen molar-refractivity contribution in [2.24, 2.45) is 17.8 Å². The highest BCUT2D eigenvalue weighted by Crippen LogP contribution is 2.59. The Kier molecular flexibility index (Phi) is 3.21. The standard InChI is InChI=1S/C22H20O2S/c1-14-6-10-18(11-7-14)25(24)22-17-9-8-16(12-17)20(22)13-15-4-2-3-5-19(15)21(22)23/h2-11,16-17,20H,12-13H2,1H3/t16-,17+,20-,22-,25?/m0/s1. The Labute approximate surface area is 150 Å². The predicted molar refractivity (Wildman–Crippen MR) is 99.0 cm³/mol. The third kappa shape index (κ3) is 1.90. The van der Waals surface area contributed by atoms with Gasteiger partial charge < -0.3 is 0 Å². The monoisotopic (exact) mass is 348 g/mol. The zero-order valence-electron chi connectivity index (χ0n) is 14.1. The van der Waals surface area contributed by atoms with Crippen LogP contribution < -0.4 is 0 Å². The van der Waals surface area contributed by atoms with Crippen molar-refractivity contribution >= 4 is 16.6 Å². The molecule has 0 amide bonds. The van der Waals surface area contributed by atoms with Gasteiger partial charge in [0.2, 0.25) is 0 Å². The number of Topliss-reactive ketones (excluding diaryl/α,β-unsaturated/α-hetero) is 1. The van der Waals surface area contributed by atoms with Crippen LogP contribution in [0.3, 0.4) is 0 Å². The minimum absolute atomic E-state index is 0.0884. The van der Waals surface area contributed by atoms with Gasteiger partial charge in [-0.15, -0.1) is 0 Å². The Morgan fingerprint density at radius 2 is 1.80 bits per heavy atom. The van der Waals surface area contributed by atoms with Gasteiger partial charge in [-0.05, 0) is 49.3 Å². The fraction of sp³-hybridized carbons (Fsp3) is 0.318. The first-order valence-corrected chi connectivity index (χ1v) is 10.1. The maximum absolute atomic E-state index is 13.8. The van der Waals surface area contributed by atoms with Crippen LogP contribution >= 0.6 is 0 Å². The topological polar surface area (TPSA) is 34.1 Å². The van der Waals surface area contributed by atoms with E-state index in [0.29, 0.717) is 5.92 Å². The van der Waals surface area contributed by atoms with E-state index in [-0.39, 0.29) is 17.6 Å². The van der Waals surface area contributed by atoms with Gasteiger partial charge in [0.1, 0.15) is 4.75 Å². The summed E-state index contributed by atoms with van der Waals surface area (Å²) < 4.78 is 13.0. The molecule has 1 unspecified atom stereocenters. The molecule has 126 valence electrons. The van der Waals surface area contributed by atoms with Gasteiger partial charge in [0.05, 0.1) is 10.8 Å². The minimum Gasteiger partial charge on any atom is -0.292 e. The largest absolute Gasteiger partial charge is 0.292 e. The van der Waals surface area contributed by atoms with Crippen molar-refractivity contribution in [3.63, 3.8) is 0 Å². The molecule has 3 aliphatic carbocycles. The number of hydrogen-bond donors (Lipinski definition) is 0. The summed E-state index contributed by atoms with van der Waals surface area (Å²) in [6, 6.07) is 15.7. The molecule has 0 heterocycles. The zero-order valence-corrected chi connectivity index (χ0v) is 15.0. The third-order valence-electron chi connectivity index (χ3n) is 6.33. The summed E-state index contributed by atoms with van der Waals surface area (Å²) in [7, 11) is -1.34. The highest BCUT2D eigenvalue weighted by molar-refractivity contribution is 7.87. The molecule has 3 heteroatoms. The Morgan fingerprint density at radius 3 is 2.60 bits per heavy atom. The normalized spacial score (nSPS) is 33.2. The second-order valence-corrected chi connectivity index (χ2v) is 9.25. The van der Waals surface area contributed by atoms with Crippen LogP contribution in [0.15, 0.2) is 65.6 Å². The average molecular weight is 348 g/mol. The van der Waals surface area contributed by atoms with Crippen LogP contribution in [0, 0.1) is 24.7 Å². The third-order valence-corrected chi connectivity index (χ3v) is 8.44. The predicted octanol–water partition coefficient (Wildman–Crippen LogP) is 4.10. The van der Waals surface area contributed by atoms with E-state index in [2.05, 4.69) is 18.2 Å². The molecule has 0 spiro atoms. The first-order valence-electron chi connectivity index (χ1n) is 8.92. The fourth-order valence-electron chi connectivity index (χ4n) is 5.16. The molecule has 2 aromatic carbocycles. The van der Waals surface area contributed by atoms with Crippen molar-refractivity contribution in [2.45, 2.75) is 29.4 Å². The first kappa shape index (κ1) is 15.3. The molecule has 0 saturated heterocycles. The molecule has 5 rings (SSSR count). The molecule has 2 aromatic rings. The summed E-state index contributed by atoms with van der Waals surface area (Å²) >= 11 is 0. The molecule has 0 aromatic heterocycles. The minimum atomic E-state index is -1.34. The molecule has 3 aliphatic rings. The smallest absolute Gasteiger partial charge is 0.183 e. The number of rotatable bonds is 2. The van der Waals surface area contributed by atoms with Crippen molar-refractivity contribution in [3.05, 3.63) is 77.4 Å². The van der Waals surface area contributed by atoms with Gasteiger partial charge in [-0.25, -0.2) is 0 Å². The van der Waals surface area contributed by atoms with Crippen molar-refractivity contribution in [1.82, 2.24) is 0 Å². The van der Waals surface area contributed by atoms with Gasteiger partial charge >= 0.3 is 0 Å². The summed E-state index contributed by atoms with van der Waals surface area (Å²) in [6.07, 6.45) is 6.22. The number of benzene rings is 2. The highest BCUT2D eigenvalue weighted by Gasteiger charge is 2.65. The van der Waals surface area contributed by atoms with Crippen LogP contribution in [0.5, 0.6) is 0 Å². The van der Waals surface area contributed by atoms with Crippen LogP contribution in [0.2, 0.25) is 0 Å². The van der Waals surface area contributed by atoms with Gasteiger partial charge in [0, 0.05) is 16.4 Å². The van der Waals surface area contributed by atoms with E-state index in [0.717, 1.165) is 34.4 Å². The van der Waals surface area contributed by atoms with E-state index in [1.165, 1.54) is 0 Å². The summed E-state index contributed by atoms with van der Waals surface area (Å²) in [5, 5.41) is 0. The van der Waals surface area contributed by atoms with Gasteiger partial charge in [-0.3, -0.25) is 9.00 Å². The number of carbonyl (C=O) groups is 1. The number of carbonyl (C=O) groups excluding carboxylic acids is 1. The van der Waals surface area contributed by atoms with Crippen LogP contribution in [0.25, 0.3) is 0 Å². The van der Waals surface area contributed by atoms with E-state index in [4.69, 9.17) is 0 Å². The Bertz CT molecular complexity index is 927. The lowest BCUT2D eigenvalue weighted by molar-refractivity contribution is 0.0873. The second kappa shape index (κ2) is 5.25. The molecule has 2 bridgehead atoms. The summed E-state index contributed by atoms with van der Waals surface area (Å²) in [4.78, 5) is 14.4. The number of fused-ring (bicyclic) bond motifs is 6. The number of aryl methyl sites for hydroxylation is 1. The molecule has 1 saturated carbocycles. The van der Waals surface area contributed by atoms with Crippen molar-refractivity contribution in [1.29, 1.82) is 0 Å². The van der Waals surface area contributed by atoms with Gasteiger partial charge in [-0.1, -0.05) is 54.1 Å². The molecule has 0 aliphatic heterocycles. The molecule has 0 radical (unpaired) electrons. The molecule has 5 atom stereocenters. The van der Waals surface area contributed by atoms with Crippen LogP contribution in [0.4, 0.5) is 0 Å². The maximum atomic E-state index is 13.8. The Morgan fingerprint density at radius 1 is 1.04 bits per heavy atom. The van der Waals surface area contributed by atoms with Crippen LogP contribution in [-0.2, 0) is 17.2 Å². The first-order chi connectivity index (χ1) is 12.1. The molecule has 25 heavy (non-hydrogen) atoms. The number of hydrogen-bond acceptors (Lipinski definition) is 2. The average Bonchev–Trinajstić information content (AvgIpc) is 3.23. The van der Waals surface area contributed by atoms with Crippen molar-refractivity contribution in [2.75, 3.05) is 0 Å². The Hall–Kier alpha value is -2.00. The van der Waals surface area contributed by atoms with E-state index >= 15 is 0 Å². The fourth-order valence-corrected chi connectivity index (χ4v) is 7.19. The SMILES string of the molecule is Cc1ccc(S(=O)[C@]23C(=O)c4ccccc4C[C@H]2[C@H]2C=C[C@@H]3C2)cc1. The van der Waals surface area contributed by atoms with Crippen LogP contribution in [-0.4, -0.2) is 14.7 Å². The van der Waals surface area contributed by atoms with Crippen molar-refractivity contribution in [3.8, 4) is 0 Å². The summed E-state index contributed by atoms with van der Waals surface area (Å²) in [6.45, 7) is 2.02. The van der Waals surface area contributed by atoms with Gasteiger partial charge in [0.25, 0.3) is 0 Å². The lowest BCUT2D eigenvalue weighted by atomic mass is 9.69. The molecule has 1 fully saturated rings. The molecular weight excluding hydrogens is 328 g/mol. The second-order valence-electron chi connectivity index (χ2n) is 7.56. The lowest BCUT2D eigenvalue weighted by Crippen LogP contribution is -2.55. The summed E-state index contributed by atoms with van der Waals surface area (Å²) in [5.41, 5.74) is 3.04. The van der Waals surface area contributed by atoms with E-state index in [9.17, 15) is 9.00 Å². The molecular formula is C22H20O2S. The zero-order chi connectivity index (χ0) is 17.2. The quantitative estimate of drug-likeness (QED) is 0.766. The van der Waals surface area contributed by atoms with Gasteiger partial charge in [0.15, 0.2) is 5.78 Å². The summed E-state index contributed by atoms with van der Waals surface area (Å²) in [5.74, 6) is 0.698. The van der Waals surface area contributed by atoms with E-state index < -0.39 is 15.5 Å². The van der Waals surface area contributed by atoms with E-state index in [1.807, 2.05) is 49.4 Å². The van der Waals surface area contributed by atoms with Crippen molar-refractivity contribution < 1.29 is 9.00 Å². The molecule has 2 nitrogen and oxygen atoms in total. The maximum Gasteiger partial charge on any atom is 0.183 e. The van der Waals surface area contributed by atoms with Crippen LogP contribution in [0.1, 0.15) is 27.9 Å². The number of allylic oxidation sites excluding steroid dienone is 2. The molecule has 0 N–H and O–H groups in total.